The highest BCUT2D eigenvalue weighted by Gasteiger charge is 2.29. The first-order valence-corrected chi connectivity index (χ1v) is 7.99. The number of rotatable bonds is 4. The summed E-state index contributed by atoms with van der Waals surface area (Å²) in [4.78, 5) is 0. The van der Waals surface area contributed by atoms with Gasteiger partial charge in [0.2, 0.25) is 0 Å². The summed E-state index contributed by atoms with van der Waals surface area (Å²) in [6.45, 7) is 2.96. The lowest BCUT2D eigenvalue weighted by atomic mass is 9.82. The first kappa shape index (κ1) is 13.7. The van der Waals surface area contributed by atoms with Crippen LogP contribution in [0.3, 0.4) is 0 Å². The van der Waals surface area contributed by atoms with Crippen molar-refractivity contribution in [2.45, 2.75) is 57.5 Å². The minimum absolute atomic E-state index is 0.275. The second kappa shape index (κ2) is 6.04. The first-order chi connectivity index (χ1) is 9.78. The molecule has 20 heavy (non-hydrogen) atoms. The summed E-state index contributed by atoms with van der Waals surface area (Å²) in [5.41, 5.74) is 1.19. The molecule has 3 nitrogen and oxygen atoms in total. The summed E-state index contributed by atoms with van der Waals surface area (Å²) in [6, 6.07) is 6.33. The topological polar surface area (TPSA) is 41.5 Å². The van der Waals surface area contributed by atoms with Gasteiger partial charge in [-0.2, -0.15) is 0 Å². The van der Waals surface area contributed by atoms with Crippen LogP contribution in [0.15, 0.2) is 18.2 Å². The Kier molecular flexibility index (Phi) is 4.16. The maximum Gasteiger partial charge on any atom is 0.127 e. The predicted octanol–water partition coefficient (Wildman–Crippen LogP) is 3.77. The number of phenols is 1. The number of phenolic OH excluding ortho intramolecular Hbond substituents is 1. The van der Waals surface area contributed by atoms with Crippen LogP contribution in [0.1, 0.15) is 57.1 Å². The van der Waals surface area contributed by atoms with E-state index in [-0.39, 0.29) is 11.8 Å². The van der Waals surface area contributed by atoms with Crippen LogP contribution in [0, 0.1) is 5.92 Å². The SMILES string of the molecule is CCC(NC1COc2cc(O)ccc21)C1CCCCC1. The van der Waals surface area contributed by atoms with Crippen LogP contribution in [0.4, 0.5) is 0 Å². The molecule has 3 rings (SSSR count). The number of ether oxygens (including phenoxy) is 1. The molecule has 1 aromatic rings. The average molecular weight is 275 g/mol. The Morgan fingerprint density at radius 1 is 1.30 bits per heavy atom. The largest absolute Gasteiger partial charge is 0.508 e. The van der Waals surface area contributed by atoms with E-state index in [0.29, 0.717) is 12.6 Å². The zero-order valence-electron chi connectivity index (χ0n) is 12.3. The van der Waals surface area contributed by atoms with E-state index in [1.54, 1.807) is 12.1 Å². The number of nitrogens with one attached hydrogen (secondary N) is 1. The molecule has 1 heterocycles. The number of aromatic hydroxyl groups is 1. The summed E-state index contributed by atoms with van der Waals surface area (Å²) in [6.07, 6.45) is 8.07. The van der Waals surface area contributed by atoms with Gasteiger partial charge in [-0.25, -0.2) is 0 Å². The molecule has 1 aliphatic heterocycles. The Morgan fingerprint density at radius 2 is 2.10 bits per heavy atom. The quantitative estimate of drug-likeness (QED) is 0.878. The van der Waals surface area contributed by atoms with Crippen LogP contribution in [0.25, 0.3) is 0 Å². The average Bonchev–Trinajstić information content (AvgIpc) is 2.87. The molecule has 2 aliphatic rings. The van der Waals surface area contributed by atoms with E-state index in [1.807, 2.05) is 6.07 Å². The predicted molar refractivity (Wildman–Crippen MR) is 80.1 cm³/mol. The second-order valence-corrected chi connectivity index (χ2v) is 6.17. The van der Waals surface area contributed by atoms with Gasteiger partial charge < -0.3 is 15.2 Å². The lowest BCUT2D eigenvalue weighted by molar-refractivity contribution is 0.226. The van der Waals surface area contributed by atoms with Gasteiger partial charge in [0, 0.05) is 17.7 Å². The first-order valence-electron chi connectivity index (χ1n) is 7.99. The van der Waals surface area contributed by atoms with Crippen LogP contribution in [-0.4, -0.2) is 17.8 Å². The fourth-order valence-electron chi connectivity index (χ4n) is 3.72. The molecule has 2 N–H and O–H groups in total. The molecule has 1 fully saturated rings. The third-order valence-electron chi connectivity index (χ3n) is 4.85. The zero-order chi connectivity index (χ0) is 13.9. The summed E-state index contributed by atoms with van der Waals surface area (Å²) in [5, 5.41) is 13.3. The smallest absolute Gasteiger partial charge is 0.127 e. The summed E-state index contributed by atoms with van der Waals surface area (Å²) in [7, 11) is 0. The zero-order valence-corrected chi connectivity index (χ0v) is 12.3. The molecule has 2 unspecified atom stereocenters. The number of benzene rings is 1. The van der Waals surface area contributed by atoms with E-state index in [2.05, 4.69) is 12.2 Å². The van der Waals surface area contributed by atoms with Crippen molar-refractivity contribution in [1.29, 1.82) is 0 Å². The Balaban J connectivity index is 1.68. The van der Waals surface area contributed by atoms with Crippen LogP contribution in [-0.2, 0) is 0 Å². The van der Waals surface area contributed by atoms with Gasteiger partial charge in [0.05, 0.1) is 6.04 Å². The van der Waals surface area contributed by atoms with Crippen molar-refractivity contribution in [1.82, 2.24) is 5.32 Å². The third-order valence-corrected chi connectivity index (χ3v) is 4.85. The van der Waals surface area contributed by atoms with E-state index in [9.17, 15) is 5.11 Å². The summed E-state index contributed by atoms with van der Waals surface area (Å²) in [5.74, 6) is 1.93. The fraction of sp³-hybridized carbons (Fsp3) is 0.647. The Labute approximate surface area is 121 Å². The highest BCUT2D eigenvalue weighted by molar-refractivity contribution is 5.44. The molecule has 0 bridgehead atoms. The van der Waals surface area contributed by atoms with Gasteiger partial charge in [0.25, 0.3) is 0 Å². The maximum absolute atomic E-state index is 9.51. The normalized spacial score (nSPS) is 24.1. The Bertz CT molecular complexity index is 454. The molecule has 1 aliphatic carbocycles. The van der Waals surface area contributed by atoms with E-state index < -0.39 is 0 Å². The molecule has 0 spiro atoms. The van der Waals surface area contributed by atoms with Gasteiger partial charge in [-0.15, -0.1) is 0 Å². The van der Waals surface area contributed by atoms with E-state index in [4.69, 9.17) is 4.74 Å². The lowest BCUT2D eigenvalue weighted by Gasteiger charge is -2.32. The molecule has 110 valence electrons. The van der Waals surface area contributed by atoms with Crippen LogP contribution >= 0.6 is 0 Å². The van der Waals surface area contributed by atoms with Crippen molar-refractivity contribution < 1.29 is 9.84 Å². The lowest BCUT2D eigenvalue weighted by Crippen LogP contribution is -2.39. The summed E-state index contributed by atoms with van der Waals surface area (Å²) < 4.78 is 5.70. The van der Waals surface area contributed by atoms with Crippen molar-refractivity contribution in [3.63, 3.8) is 0 Å². The fourth-order valence-corrected chi connectivity index (χ4v) is 3.72. The second-order valence-electron chi connectivity index (χ2n) is 6.17. The van der Waals surface area contributed by atoms with Crippen molar-refractivity contribution >= 4 is 0 Å². The van der Waals surface area contributed by atoms with Gasteiger partial charge in [0.15, 0.2) is 0 Å². The Hall–Kier alpha value is -1.22. The Morgan fingerprint density at radius 3 is 2.85 bits per heavy atom. The van der Waals surface area contributed by atoms with E-state index in [0.717, 1.165) is 11.7 Å². The van der Waals surface area contributed by atoms with Crippen molar-refractivity contribution in [3.05, 3.63) is 23.8 Å². The molecule has 0 aromatic heterocycles. The van der Waals surface area contributed by atoms with Crippen molar-refractivity contribution in [2.75, 3.05) is 6.61 Å². The van der Waals surface area contributed by atoms with Crippen LogP contribution < -0.4 is 10.1 Å². The molecule has 0 radical (unpaired) electrons. The van der Waals surface area contributed by atoms with Gasteiger partial charge >= 0.3 is 0 Å². The molecular weight excluding hydrogens is 250 g/mol. The van der Waals surface area contributed by atoms with Crippen molar-refractivity contribution in [2.24, 2.45) is 5.92 Å². The highest BCUT2D eigenvalue weighted by atomic mass is 16.5. The van der Waals surface area contributed by atoms with Crippen LogP contribution in [0.2, 0.25) is 0 Å². The van der Waals surface area contributed by atoms with Crippen LogP contribution in [0.5, 0.6) is 11.5 Å². The summed E-state index contributed by atoms with van der Waals surface area (Å²) >= 11 is 0. The third kappa shape index (κ3) is 2.78. The minimum Gasteiger partial charge on any atom is -0.508 e. The van der Waals surface area contributed by atoms with Crippen molar-refractivity contribution in [3.8, 4) is 11.5 Å². The molecule has 0 amide bonds. The standard InChI is InChI=1S/C17H25NO2/c1-2-15(12-6-4-3-5-7-12)18-16-11-20-17-10-13(19)8-9-14(16)17/h8-10,12,15-16,18-19H,2-7,11H2,1H3. The van der Waals surface area contributed by atoms with Gasteiger partial charge in [-0.05, 0) is 37.3 Å². The monoisotopic (exact) mass is 275 g/mol. The van der Waals surface area contributed by atoms with Gasteiger partial charge in [-0.1, -0.05) is 26.2 Å². The van der Waals surface area contributed by atoms with Gasteiger partial charge in [-0.3, -0.25) is 0 Å². The van der Waals surface area contributed by atoms with E-state index >= 15 is 0 Å². The number of fused-ring (bicyclic) bond motifs is 1. The molecular formula is C17H25NO2. The number of hydrogen-bond donors (Lipinski definition) is 2. The molecule has 1 saturated carbocycles. The maximum atomic E-state index is 9.51. The van der Waals surface area contributed by atoms with Gasteiger partial charge in [0.1, 0.15) is 18.1 Å². The number of hydrogen-bond acceptors (Lipinski definition) is 3. The molecule has 3 heteroatoms. The molecule has 0 saturated heterocycles. The highest BCUT2D eigenvalue weighted by Crippen LogP contribution is 2.36. The van der Waals surface area contributed by atoms with E-state index in [1.165, 1.54) is 44.1 Å². The molecule has 1 aromatic carbocycles. The minimum atomic E-state index is 0.275. The molecule has 2 atom stereocenters.